The molecule has 1 fully saturated rings. The molecule has 5 heteroatoms. The first-order valence-electron chi connectivity index (χ1n) is 9.88. The molecule has 2 aromatic rings. The van der Waals surface area contributed by atoms with Gasteiger partial charge in [0.2, 0.25) is 0 Å². The molecule has 0 bridgehead atoms. The number of amides is 2. The minimum Gasteiger partial charge on any atom is -0.457 e. The molecule has 0 saturated carbocycles. The summed E-state index contributed by atoms with van der Waals surface area (Å²) in [6.07, 6.45) is 3.14. The number of carbonyl (C=O) groups is 2. The molecule has 5 nitrogen and oxygen atoms in total. The van der Waals surface area contributed by atoms with Gasteiger partial charge in [0, 0.05) is 12.8 Å². The number of nitrogens with zero attached hydrogens (tertiary/aromatic N) is 1. The molecule has 1 aliphatic rings. The molecule has 148 valence electrons. The summed E-state index contributed by atoms with van der Waals surface area (Å²) in [6, 6.07) is 17.6. The normalized spacial score (nSPS) is 21.3. The summed E-state index contributed by atoms with van der Waals surface area (Å²) in [5.41, 5.74) is 1.11. The maximum absolute atomic E-state index is 12.9. The summed E-state index contributed by atoms with van der Waals surface area (Å²) in [6.45, 7) is 2.51. The van der Waals surface area contributed by atoms with Crippen molar-refractivity contribution < 1.29 is 23.5 Å². The molecule has 28 heavy (non-hydrogen) atoms. The van der Waals surface area contributed by atoms with Gasteiger partial charge in [-0.25, -0.2) is 4.79 Å². The van der Waals surface area contributed by atoms with Crippen LogP contribution in [-0.2, 0) is 16.0 Å². The third kappa shape index (κ3) is 4.25. The Labute approximate surface area is 166 Å². The van der Waals surface area contributed by atoms with Crippen LogP contribution in [0.15, 0.2) is 54.6 Å². The van der Waals surface area contributed by atoms with Gasteiger partial charge in [-0.2, -0.15) is 9.28 Å². The Hall–Kier alpha value is -2.66. The zero-order valence-corrected chi connectivity index (χ0v) is 16.6. The molecule has 0 radical (unpaired) electrons. The minimum absolute atomic E-state index is 0.0115. The number of rotatable bonds is 6. The summed E-state index contributed by atoms with van der Waals surface area (Å²) in [4.78, 5) is 25.3. The molecule has 1 saturated heterocycles. The van der Waals surface area contributed by atoms with Gasteiger partial charge >= 0.3 is 12.0 Å². The second-order valence-corrected chi connectivity index (χ2v) is 7.36. The predicted molar refractivity (Wildman–Crippen MR) is 107 cm³/mol. The summed E-state index contributed by atoms with van der Waals surface area (Å²) in [5, 5.41) is 0. The molecule has 1 unspecified atom stereocenters. The fourth-order valence-corrected chi connectivity index (χ4v) is 4.02. The lowest BCUT2D eigenvalue weighted by atomic mass is 10.1. The Morgan fingerprint density at radius 3 is 2.50 bits per heavy atom. The van der Waals surface area contributed by atoms with Crippen LogP contribution in [-0.4, -0.2) is 36.2 Å². The van der Waals surface area contributed by atoms with Crippen LogP contribution in [0.3, 0.4) is 0 Å². The Morgan fingerprint density at radius 1 is 1.07 bits per heavy atom. The van der Waals surface area contributed by atoms with Crippen molar-refractivity contribution in [3.8, 4) is 11.5 Å². The van der Waals surface area contributed by atoms with E-state index in [0.717, 1.165) is 36.3 Å². The highest BCUT2D eigenvalue weighted by molar-refractivity contribution is 5.81. The number of carbonyl (C=O) groups excluding carboxylic acids is 2. The third-order valence-corrected chi connectivity index (χ3v) is 5.56. The highest BCUT2D eigenvalue weighted by Crippen LogP contribution is 2.30. The van der Waals surface area contributed by atoms with Crippen LogP contribution in [0.1, 0.15) is 38.2 Å². The SMILES string of the molecule is COC(=O)[N+]1(C(=O)CCCc2cccc(Oc3ccccc3)c2)CCC[C@H]1C. The predicted octanol–water partition coefficient (Wildman–Crippen LogP) is 5.09. The fourth-order valence-electron chi connectivity index (χ4n) is 4.02. The highest BCUT2D eigenvalue weighted by atomic mass is 16.5. The Balaban J connectivity index is 1.59. The quantitative estimate of drug-likeness (QED) is 0.653. The van der Waals surface area contributed by atoms with Gasteiger partial charge in [0.25, 0.3) is 0 Å². The first kappa shape index (κ1) is 20.1. The van der Waals surface area contributed by atoms with Crippen molar-refractivity contribution in [3.05, 3.63) is 60.2 Å². The van der Waals surface area contributed by atoms with Gasteiger partial charge in [0.15, 0.2) is 0 Å². The zero-order valence-electron chi connectivity index (χ0n) is 16.6. The van der Waals surface area contributed by atoms with Crippen LogP contribution in [0.4, 0.5) is 4.79 Å². The van der Waals surface area contributed by atoms with Gasteiger partial charge in [0.05, 0.1) is 20.1 Å². The number of benzene rings is 2. The van der Waals surface area contributed by atoms with E-state index in [1.165, 1.54) is 7.11 Å². The molecule has 2 atom stereocenters. The number of para-hydroxylation sites is 1. The number of methoxy groups -OCH3 is 1. The van der Waals surface area contributed by atoms with E-state index < -0.39 is 6.09 Å². The highest BCUT2D eigenvalue weighted by Gasteiger charge is 2.52. The molecule has 0 aliphatic carbocycles. The second-order valence-electron chi connectivity index (χ2n) is 7.36. The lowest BCUT2D eigenvalue weighted by Crippen LogP contribution is -2.59. The van der Waals surface area contributed by atoms with E-state index in [-0.39, 0.29) is 16.4 Å². The molecule has 2 amide bonds. The minimum atomic E-state index is -0.423. The molecular weight excluding hydrogens is 354 g/mol. The monoisotopic (exact) mass is 382 g/mol. The van der Waals surface area contributed by atoms with Gasteiger partial charge in [-0.05, 0) is 49.6 Å². The number of aryl methyl sites for hydroxylation is 1. The Bertz CT molecular complexity index is 820. The fraction of sp³-hybridized carbons (Fsp3) is 0.391. The van der Waals surface area contributed by atoms with Crippen molar-refractivity contribution in [1.82, 2.24) is 0 Å². The van der Waals surface area contributed by atoms with E-state index in [9.17, 15) is 9.59 Å². The Morgan fingerprint density at radius 2 is 1.82 bits per heavy atom. The molecule has 0 N–H and O–H groups in total. The number of hydrogen-bond acceptors (Lipinski definition) is 4. The Kier molecular flexibility index (Phi) is 6.47. The van der Waals surface area contributed by atoms with Crippen LogP contribution < -0.4 is 4.74 Å². The van der Waals surface area contributed by atoms with E-state index in [0.29, 0.717) is 19.4 Å². The van der Waals surface area contributed by atoms with Gasteiger partial charge in [-0.15, -0.1) is 0 Å². The lowest BCUT2D eigenvalue weighted by Gasteiger charge is -2.31. The van der Waals surface area contributed by atoms with Crippen LogP contribution in [0, 0.1) is 0 Å². The topological polar surface area (TPSA) is 52.6 Å². The number of quaternary nitrogens is 1. The maximum atomic E-state index is 12.9. The van der Waals surface area contributed by atoms with Crippen molar-refractivity contribution >= 4 is 12.0 Å². The van der Waals surface area contributed by atoms with Gasteiger partial charge in [0.1, 0.15) is 17.5 Å². The molecule has 3 rings (SSSR count). The number of imide groups is 1. The molecule has 2 aromatic carbocycles. The summed E-state index contributed by atoms with van der Waals surface area (Å²) in [5.74, 6) is 1.54. The first-order chi connectivity index (χ1) is 13.6. The van der Waals surface area contributed by atoms with Crippen molar-refractivity contribution in [3.63, 3.8) is 0 Å². The van der Waals surface area contributed by atoms with Crippen molar-refractivity contribution in [2.75, 3.05) is 13.7 Å². The molecule has 0 aromatic heterocycles. The van der Waals surface area contributed by atoms with Gasteiger partial charge < -0.3 is 9.47 Å². The van der Waals surface area contributed by atoms with E-state index in [4.69, 9.17) is 9.47 Å². The van der Waals surface area contributed by atoms with Gasteiger partial charge in [-0.1, -0.05) is 30.3 Å². The summed E-state index contributed by atoms with van der Waals surface area (Å²) < 4.78 is 10.7. The number of hydrogen-bond donors (Lipinski definition) is 0. The summed E-state index contributed by atoms with van der Waals surface area (Å²) >= 11 is 0. The zero-order chi connectivity index (χ0) is 20.0. The van der Waals surface area contributed by atoms with Crippen LogP contribution in [0.2, 0.25) is 0 Å². The van der Waals surface area contributed by atoms with E-state index in [2.05, 4.69) is 0 Å². The van der Waals surface area contributed by atoms with Crippen LogP contribution in [0.5, 0.6) is 11.5 Å². The molecular formula is C23H28NO4+. The smallest absolute Gasteiger partial charge is 0.457 e. The van der Waals surface area contributed by atoms with E-state index in [1.807, 2.05) is 61.5 Å². The van der Waals surface area contributed by atoms with Crippen molar-refractivity contribution in [1.29, 1.82) is 0 Å². The second kappa shape index (κ2) is 9.02. The maximum Gasteiger partial charge on any atom is 0.523 e. The van der Waals surface area contributed by atoms with Crippen molar-refractivity contribution in [2.24, 2.45) is 0 Å². The van der Waals surface area contributed by atoms with E-state index >= 15 is 0 Å². The largest absolute Gasteiger partial charge is 0.523 e. The lowest BCUT2D eigenvalue weighted by molar-refractivity contribution is -0.792. The molecule has 1 aliphatic heterocycles. The average molecular weight is 382 g/mol. The van der Waals surface area contributed by atoms with Gasteiger partial charge in [-0.3, -0.25) is 0 Å². The summed E-state index contributed by atoms with van der Waals surface area (Å²) in [7, 11) is 1.36. The third-order valence-electron chi connectivity index (χ3n) is 5.56. The van der Waals surface area contributed by atoms with Crippen LogP contribution >= 0.6 is 0 Å². The average Bonchev–Trinajstić information content (AvgIpc) is 3.10. The first-order valence-corrected chi connectivity index (χ1v) is 9.88. The standard InChI is InChI=1S/C23H28NO4/c1-18-9-8-16-24(18,23(26)27-2)22(25)15-7-11-19-10-6-14-21(17-19)28-20-12-4-3-5-13-20/h3-6,10,12-14,17-18H,7-9,11,15-16H2,1-2H3/q+1/t18-,24?/m1/s1. The van der Waals surface area contributed by atoms with Crippen molar-refractivity contribution in [2.45, 2.75) is 45.1 Å². The molecule has 1 heterocycles. The number of ether oxygens (including phenoxy) is 2. The van der Waals surface area contributed by atoms with Crippen LogP contribution in [0.25, 0.3) is 0 Å². The number of likely N-dealkylation sites (tertiary alicyclic amines) is 1. The van der Waals surface area contributed by atoms with E-state index in [1.54, 1.807) is 0 Å². The molecule has 0 spiro atoms.